The fourth-order valence-electron chi connectivity index (χ4n) is 20.9. The van der Waals surface area contributed by atoms with Crippen molar-refractivity contribution in [3.63, 3.8) is 0 Å². The zero-order chi connectivity index (χ0) is 86.9. The third-order valence-corrected chi connectivity index (χ3v) is 27.8. The van der Waals surface area contributed by atoms with Gasteiger partial charge in [-0.05, 0) is 243 Å². The number of rotatable bonds is 9. The highest BCUT2D eigenvalue weighted by atomic mass is 15.2. The molecule has 616 valence electrons. The van der Waals surface area contributed by atoms with Gasteiger partial charge in [0, 0.05) is 99.5 Å². The number of aromatic nitrogens is 3. The van der Waals surface area contributed by atoms with Gasteiger partial charge in [-0.3, -0.25) is 0 Å². The lowest BCUT2D eigenvalue weighted by Gasteiger charge is -2.46. The lowest BCUT2D eigenvalue weighted by Crippen LogP contribution is -2.61. The highest BCUT2D eigenvalue weighted by Crippen LogP contribution is 2.57. The van der Waals surface area contributed by atoms with Gasteiger partial charge in [0.25, 0.3) is 6.71 Å². The van der Waals surface area contributed by atoms with Crippen LogP contribution < -0.4 is 26.2 Å². The smallest absolute Gasteiger partial charge is 0.252 e. The number of fused-ring (bicyclic) bond motifs is 16. The summed E-state index contributed by atoms with van der Waals surface area (Å²) >= 11 is 0. The summed E-state index contributed by atoms with van der Waals surface area (Å²) in [4.78, 5) is 5.55. The third-order valence-electron chi connectivity index (χ3n) is 27.8. The first-order valence-corrected chi connectivity index (χ1v) is 45.3. The van der Waals surface area contributed by atoms with Gasteiger partial charge >= 0.3 is 0 Å². The van der Waals surface area contributed by atoms with E-state index in [1.54, 1.807) is 0 Å². The zero-order valence-corrected chi connectivity index (χ0v) is 76.0. The second-order valence-corrected chi connectivity index (χ2v) is 42.2. The van der Waals surface area contributed by atoms with E-state index >= 15 is 0 Å². The number of anilines is 6. The summed E-state index contributed by atoms with van der Waals surface area (Å²) in [6, 6.07) is 128. The van der Waals surface area contributed by atoms with Crippen LogP contribution in [0.5, 0.6) is 0 Å². The molecule has 126 heavy (non-hydrogen) atoms. The standard InChI is InChI=1S/C120H108BN5/c1-115(2,3)79-47-56-102-95(63-79)96-64-80(116(4,5)6)48-57-103(96)122(102)85-51-53-99-107(71-85)125(113-90(73-34-23-19-24-35-73)67-83(119(13,14)15)68-91(113)74-36-25-20-26-37-74)109-61-78(77-46-55-106-94(60-77)89-44-33-43-88-87-42-31-32-45-101(87)124(106)112(88)89)62-110-111(109)121(99)100-54-52-86(123-104-58-49-81(117(7,8)9)65-97(104)98-66-82(118(10,11)12)50-59-105(98)123)72-108(100)126(110)114-92(75-38-27-21-28-39-75)69-84(120(16,17)18)70-93(114)76-40-29-22-30-41-76/h19-72H,1-18H3. The quantitative estimate of drug-likeness (QED) is 0.134. The van der Waals surface area contributed by atoms with Crippen LogP contribution in [-0.4, -0.2) is 20.2 Å². The van der Waals surface area contributed by atoms with Crippen LogP contribution in [-0.2, 0) is 32.5 Å². The van der Waals surface area contributed by atoms with Crippen LogP contribution in [0.2, 0.25) is 0 Å². The van der Waals surface area contributed by atoms with Gasteiger partial charge in [0.15, 0.2) is 0 Å². The van der Waals surface area contributed by atoms with Gasteiger partial charge in [0.1, 0.15) is 0 Å². The molecule has 0 bridgehead atoms. The summed E-state index contributed by atoms with van der Waals surface area (Å²) in [5.41, 5.74) is 39.2. The molecule has 2 aliphatic rings. The van der Waals surface area contributed by atoms with E-state index in [2.05, 4.69) is 476 Å². The van der Waals surface area contributed by atoms with Gasteiger partial charge in [-0.2, -0.15) is 0 Å². The van der Waals surface area contributed by atoms with E-state index < -0.39 is 0 Å². The van der Waals surface area contributed by atoms with Crippen LogP contribution in [0.25, 0.3) is 149 Å². The van der Waals surface area contributed by atoms with Crippen molar-refractivity contribution in [3.05, 3.63) is 361 Å². The second kappa shape index (κ2) is 28.0. The van der Waals surface area contributed by atoms with Crippen molar-refractivity contribution >= 4 is 139 Å². The van der Waals surface area contributed by atoms with Crippen LogP contribution in [0.15, 0.2) is 328 Å². The third kappa shape index (κ3) is 12.5. The molecular formula is C120H108BN5. The van der Waals surface area contributed by atoms with Crippen LogP contribution in [0.1, 0.15) is 158 Å². The Morgan fingerprint density at radius 3 is 0.873 bits per heavy atom. The van der Waals surface area contributed by atoms with E-state index in [1.165, 1.54) is 131 Å². The highest BCUT2D eigenvalue weighted by molar-refractivity contribution is 7.00. The molecule has 5 nitrogen and oxygen atoms in total. The first kappa shape index (κ1) is 78.6. The van der Waals surface area contributed by atoms with Crippen LogP contribution in [0, 0.1) is 0 Å². The number of benzene rings is 16. The molecule has 0 unspecified atom stereocenters. The number of nitrogens with zero attached hydrogens (tertiary/aromatic N) is 5. The predicted molar refractivity (Wildman–Crippen MR) is 543 cm³/mol. The van der Waals surface area contributed by atoms with E-state index in [-0.39, 0.29) is 39.2 Å². The van der Waals surface area contributed by atoms with Crippen molar-refractivity contribution in [1.29, 1.82) is 0 Å². The number of para-hydroxylation sites is 2. The lowest BCUT2D eigenvalue weighted by molar-refractivity contribution is 0.590. The minimum atomic E-state index is -0.325. The summed E-state index contributed by atoms with van der Waals surface area (Å²) in [7, 11) is 0. The molecule has 2 aliphatic heterocycles. The normalized spacial score (nSPS) is 13.4. The molecule has 16 aromatic carbocycles. The van der Waals surface area contributed by atoms with Gasteiger partial charge < -0.3 is 23.3 Å². The molecule has 0 aliphatic carbocycles. The summed E-state index contributed by atoms with van der Waals surface area (Å²) < 4.78 is 7.70. The zero-order valence-electron chi connectivity index (χ0n) is 76.0. The summed E-state index contributed by atoms with van der Waals surface area (Å²) in [6.07, 6.45) is 0. The summed E-state index contributed by atoms with van der Waals surface area (Å²) in [5.74, 6) is 0. The van der Waals surface area contributed by atoms with E-state index in [9.17, 15) is 0 Å². The fourth-order valence-corrected chi connectivity index (χ4v) is 20.9. The maximum Gasteiger partial charge on any atom is 0.252 e. The minimum absolute atomic E-state index is 0.0871. The Balaban J connectivity index is 0.940. The Labute approximate surface area is 742 Å². The van der Waals surface area contributed by atoms with Crippen molar-refractivity contribution < 1.29 is 0 Å². The largest absolute Gasteiger partial charge is 0.310 e. The Hall–Kier alpha value is -13.4. The molecule has 0 atom stereocenters. The van der Waals surface area contributed by atoms with Gasteiger partial charge in [0.05, 0.1) is 50.0 Å². The fraction of sp³-hybridized carbons (Fsp3) is 0.200. The average molecular weight is 1630 g/mol. The van der Waals surface area contributed by atoms with Gasteiger partial charge in [-0.1, -0.05) is 325 Å². The first-order chi connectivity index (χ1) is 60.3. The summed E-state index contributed by atoms with van der Waals surface area (Å²) in [5, 5.41) is 10.0. The maximum absolute atomic E-state index is 2.77. The van der Waals surface area contributed by atoms with Crippen molar-refractivity contribution in [2.24, 2.45) is 0 Å². The molecular weight excluding hydrogens is 1520 g/mol. The highest BCUT2D eigenvalue weighted by Gasteiger charge is 2.47. The van der Waals surface area contributed by atoms with E-state index in [1.807, 2.05) is 0 Å². The molecule has 0 fully saturated rings. The monoisotopic (exact) mass is 1630 g/mol. The van der Waals surface area contributed by atoms with E-state index in [0.717, 1.165) is 101 Å². The molecule has 6 heteroatoms. The van der Waals surface area contributed by atoms with Crippen molar-refractivity contribution in [3.8, 4) is 67.0 Å². The molecule has 0 spiro atoms. The molecule has 0 saturated carbocycles. The van der Waals surface area contributed by atoms with Crippen molar-refractivity contribution in [1.82, 2.24) is 13.5 Å². The molecule has 22 rings (SSSR count). The van der Waals surface area contributed by atoms with Crippen LogP contribution in [0.3, 0.4) is 0 Å². The van der Waals surface area contributed by atoms with Gasteiger partial charge in [-0.25, -0.2) is 0 Å². The van der Waals surface area contributed by atoms with Gasteiger partial charge in [-0.15, -0.1) is 0 Å². The Morgan fingerprint density at radius 1 is 0.206 bits per heavy atom. The number of hydrogen-bond donors (Lipinski definition) is 0. The maximum atomic E-state index is 2.77. The van der Waals surface area contributed by atoms with E-state index in [4.69, 9.17) is 0 Å². The lowest BCUT2D eigenvalue weighted by atomic mass is 9.33. The molecule has 6 heterocycles. The summed E-state index contributed by atoms with van der Waals surface area (Å²) in [6.45, 7) is 42.1. The molecule has 0 radical (unpaired) electrons. The minimum Gasteiger partial charge on any atom is -0.310 e. The predicted octanol–water partition coefficient (Wildman–Crippen LogP) is 31.2. The Morgan fingerprint density at radius 2 is 0.516 bits per heavy atom. The van der Waals surface area contributed by atoms with Crippen LogP contribution >= 0.6 is 0 Å². The second-order valence-electron chi connectivity index (χ2n) is 42.2. The Bertz CT molecular complexity index is 7230. The number of hydrogen-bond acceptors (Lipinski definition) is 2. The Kier molecular flexibility index (Phi) is 17.5. The molecule has 0 saturated heterocycles. The van der Waals surface area contributed by atoms with Crippen molar-refractivity contribution in [2.45, 2.75) is 157 Å². The molecule has 0 N–H and O–H groups in total. The van der Waals surface area contributed by atoms with Crippen molar-refractivity contribution in [2.75, 3.05) is 9.80 Å². The first-order valence-electron chi connectivity index (χ1n) is 45.3. The topological polar surface area (TPSA) is 20.8 Å². The van der Waals surface area contributed by atoms with Crippen LogP contribution in [0.4, 0.5) is 34.1 Å². The molecule has 0 amide bonds. The molecule has 4 aromatic heterocycles. The molecule has 20 aromatic rings. The van der Waals surface area contributed by atoms with Gasteiger partial charge in [0.2, 0.25) is 0 Å². The average Bonchev–Trinajstić information content (AvgIpc) is 0.855. The van der Waals surface area contributed by atoms with E-state index in [0.29, 0.717) is 0 Å². The SMILES string of the molecule is CC(C)(C)c1cc(-c2ccccc2)c(N2c3cc(-n4c5ccc(C(C)(C)C)cc5c5cc(C(C)(C)C)ccc54)ccc3B3c4ccc(-n5c6ccc(C(C)(C)C)cc6c6cc(C(C)(C)C)ccc65)cc4N(c4c(-c5ccccc5)cc(C(C)(C)C)cc4-c4ccccc4)c4cc(-c5ccc6c(c5)c5cccc7c8ccccc8n6c75)cc2c43)c(-c2ccccc2)c1.